The van der Waals surface area contributed by atoms with Crippen molar-refractivity contribution >= 4 is 5.91 Å². The molecule has 0 aromatic heterocycles. The van der Waals surface area contributed by atoms with Gasteiger partial charge in [0.2, 0.25) is 5.91 Å². The van der Waals surface area contributed by atoms with Gasteiger partial charge in [0.15, 0.2) is 0 Å². The lowest BCUT2D eigenvalue weighted by molar-refractivity contribution is -0.117. The average Bonchev–Trinajstić information content (AvgIpc) is 2.61. The molecule has 1 amide bonds. The number of nitrogens with two attached hydrogens (primary N) is 1. The molecule has 5 heteroatoms. The third-order valence-electron chi connectivity index (χ3n) is 4.15. The van der Waals surface area contributed by atoms with Crippen LogP contribution in [-0.4, -0.2) is 41.2 Å². The first kappa shape index (κ1) is 19.9. The third kappa shape index (κ3) is 6.86. The Balaban J connectivity index is 1.83. The Morgan fingerprint density at radius 1 is 1.08 bits per heavy atom. The summed E-state index contributed by atoms with van der Waals surface area (Å²) in [5, 5.41) is 10.4. The van der Waals surface area contributed by atoms with E-state index in [2.05, 4.69) is 30.9 Å². The Morgan fingerprint density at radius 2 is 1.73 bits per heavy atom. The first-order valence-electron chi connectivity index (χ1n) is 8.90. The summed E-state index contributed by atoms with van der Waals surface area (Å²) in [5.41, 5.74) is 7.25. The van der Waals surface area contributed by atoms with Gasteiger partial charge in [-0.2, -0.15) is 0 Å². The van der Waals surface area contributed by atoms with Crippen LogP contribution in [0.4, 0.5) is 0 Å². The number of amides is 1. The number of carbonyl (C=O) groups is 1. The van der Waals surface area contributed by atoms with Gasteiger partial charge in [0.05, 0.1) is 6.42 Å². The maximum atomic E-state index is 10.9. The Hall–Kier alpha value is -2.37. The number of ether oxygens (including phenoxy) is 1. The van der Waals surface area contributed by atoms with Gasteiger partial charge < -0.3 is 15.6 Å². The first-order chi connectivity index (χ1) is 12.4. The van der Waals surface area contributed by atoms with E-state index in [1.54, 1.807) is 12.1 Å². The fourth-order valence-corrected chi connectivity index (χ4v) is 2.70. The van der Waals surface area contributed by atoms with Crippen LogP contribution >= 0.6 is 0 Å². The monoisotopic (exact) mass is 356 g/mol. The van der Waals surface area contributed by atoms with Gasteiger partial charge in [0.25, 0.3) is 0 Å². The van der Waals surface area contributed by atoms with Gasteiger partial charge in [-0.3, -0.25) is 9.69 Å². The van der Waals surface area contributed by atoms with Gasteiger partial charge in [-0.15, -0.1) is 0 Å². The molecule has 26 heavy (non-hydrogen) atoms. The van der Waals surface area contributed by atoms with Crippen LogP contribution in [0.5, 0.6) is 5.75 Å². The second-order valence-electron chi connectivity index (χ2n) is 6.76. The number of hydrogen-bond acceptors (Lipinski definition) is 4. The summed E-state index contributed by atoms with van der Waals surface area (Å²) in [6.07, 6.45) is -0.377. The van der Waals surface area contributed by atoms with Crippen molar-refractivity contribution in [3.8, 4) is 5.75 Å². The molecule has 2 aromatic carbocycles. The van der Waals surface area contributed by atoms with Crippen LogP contribution in [0.15, 0.2) is 54.6 Å². The molecule has 0 saturated heterocycles. The molecule has 0 unspecified atom stereocenters. The van der Waals surface area contributed by atoms with Crippen molar-refractivity contribution in [1.82, 2.24) is 4.90 Å². The third-order valence-corrected chi connectivity index (χ3v) is 4.15. The van der Waals surface area contributed by atoms with Gasteiger partial charge in [-0.05, 0) is 37.1 Å². The van der Waals surface area contributed by atoms with Gasteiger partial charge in [0.1, 0.15) is 18.5 Å². The van der Waals surface area contributed by atoms with Crippen molar-refractivity contribution in [3.05, 3.63) is 65.7 Å². The van der Waals surface area contributed by atoms with E-state index in [-0.39, 0.29) is 18.9 Å². The molecule has 0 aliphatic carbocycles. The fourth-order valence-electron chi connectivity index (χ4n) is 2.70. The number of nitrogens with zero attached hydrogens (tertiary/aromatic N) is 1. The molecule has 0 fully saturated rings. The normalized spacial score (nSPS) is 12.3. The van der Waals surface area contributed by atoms with Crippen LogP contribution < -0.4 is 10.5 Å². The lowest BCUT2D eigenvalue weighted by atomic mass is 10.1. The average molecular weight is 356 g/mol. The lowest BCUT2D eigenvalue weighted by Gasteiger charge is -2.28. The number of hydrogen-bond donors (Lipinski definition) is 2. The Bertz CT molecular complexity index is 671. The zero-order valence-corrected chi connectivity index (χ0v) is 15.5. The predicted molar refractivity (Wildman–Crippen MR) is 103 cm³/mol. The van der Waals surface area contributed by atoms with Gasteiger partial charge in [-0.1, -0.05) is 42.5 Å². The van der Waals surface area contributed by atoms with Crippen molar-refractivity contribution in [2.45, 2.75) is 39.0 Å². The molecule has 5 nitrogen and oxygen atoms in total. The summed E-state index contributed by atoms with van der Waals surface area (Å²) < 4.78 is 5.67. The van der Waals surface area contributed by atoms with Crippen LogP contribution in [0.3, 0.4) is 0 Å². The number of benzene rings is 2. The first-order valence-corrected chi connectivity index (χ1v) is 8.90. The van der Waals surface area contributed by atoms with Crippen LogP contribution in [-0.2, 0) is 17.8 Å². The van der Waals surface area contributed by atoms with E-state index in [1.807, 2.05) is 30.3 Å². The SMILES string of the molecule is CC(C)N(Cc1ccccc1)C[C@@H](O)COc1ccc(CC(N)=O)cc1. The topological polar surface area (TPSA) is 75.8 Å². The summed E-state index contributed by atoms with van der Waals surface area (Å²) in [5.74, 6) is 0.303. The molecular weight excluding hydrogens is 328 g/mol. The van der Waals surface area contributed by atoms with Crippen molar-refractivity contribution in [3.63, 3.8) is 0 Å². The highest BCUT2D eigenvalue weighted by molar-refractivity contribution is 5.76. The molecule has 0 saturated carbocycles. The summed E-state index contributed by atoms with van der Waals surface area (Å²) in [6.45, 7) is 5.78. The molecule has 0 bridgehead atoms. The minimum atomic E-state index is -0.591. The molecule has 0 spiro atoms. The molecule has 0 radical (unpaired) electrons. The Kier molecular flexibility index (Phi) is 7.63. The molecule has 0 aliphatic rings. The van der Waals surface area contributed by atoms with Crippen LogP contribution in [0.25, 0.3) is 0 Å². The van der Waals surface area contributed by atoms with Gasteiger partial charge in [0, 0.05) is 19.1 Å². The van der Waals surface area contributed by atoms with E-state index < -0.39 is 6.10 Å². The standard InChI is InChI=1S/C21H28N2O3/c1-16(2)23(13-18-6-4-3-5-7-18)14-19(24)15-26-20-10-8-17(9-11-20)12-21(22)25/h3-11,16,19,24H,12-15H2,1-2H3,(H2,22,25)/t19-/m1/s1. The van der Waals surface area contributed by atoms with Crippen LogP contribution in [0, 0.1) is 0 Å². The summed E-state index contributed by atoms with van der Waals surface area (Å²) in [7, 11) is 0. The number of aliphatic hydroxyl groups is 1. The maximum Gasteiger partial charge on any atom is 0.221 e. The van der Waals surface area contributed by atoms with Crippen molar-refractivity contribution in [1.29, 1.82) is 0 Å². The molecule has 0 heterocycles. The molecule has 3 N–H and O–H groups in total. The number of carbonyl (C=O) groups excluding carboxylic acids is 1. The van der Waals surface area contributed by atoms with Gasteiger partial charge in [-0.25, -0.2) is 0 Å². The highest BCUT2D eigenvalue weighted by Gasteiger charge is 2.16. The fraction of sp³-hybridized carbons (Fsp3) is 0.381. The smallest absolute Gasteiger partial charge is 0.221 e. The predicted octanol–water partition coefficient (Wildman–Crippen LogP) is 2.36. The van der Waals surface area contributed by atoms with E-state index in [4.69, 9.17) is 10.5 Å². The second-order valence-corrected chi connectivity index (χ2v) is 6.76. The Morgan fingerprint density at radius 3 is 2.31 bits per heavy atom. The molecule has 2 aromatic rings. The molecule has 140 valence electrons. The van der Waals surface area contributed by atoms with Crippen molar-refractivity contribution in [2.24, 2.45) is 5.73 Å². The number of rotatable bonds is 10. The molecule has 2 rings (SSSR count). The summed E-state index contributed by atoms with van der Waals surface area (Å²) >= 11 is 0. The largest absolute Gasteiger partial charge is 0.491 e. The molecule has 0 aliphatic heterocycles. The van der Waals surface area contributed by atoms with Crippen molar-refractivity contribution < 1.29 is 14.6 Å². The number of aliphatic hydroxyl groups excluding tert-OH is 1. The quantitative estimate of drug-likeness (QED) is 0.685. The minimum Gasteiger partial charge on any atom is -0.491 e. The zero-order valence-electron chi connectivity index (χ0n) is 15.5. The maximum absolute atomic E-state index is 10.9. The zero-order chi connectivity index (χ0) is 18.9. The highest BCUT2D eigenvalue weighted by Crippen LogP contribution is 2.14. The van der Waals surface area contributed by atoms with Gasteiger partial charge >= 0.3 is 0 Å². The summed E-state index contributed by atoms with van der Waals surface area (Å²) in [4.78, 5) is 13.1. The van der Waals surface area contributed by atoms with Crippen molar-refractivity contribution in [2.75, 3.05) is 13.2 Å². The van der Waals surface area contributed by atoms with E-state index in [0.717, 1.165) is 12.1 Å². The van der Waals surface area contributed by atoms with E-state index >= 15 is 0 Å². The summed E-state index contributed by atoms with van der Waals surface area (Å²) in [6, 6.07) is 17.7. The van der Waals surface area contributed by atoms with Crippen LogP contribution in [0.1, 0.15) is 25.0 Å². The van der Waals surface area contributed by atoms with E-state index in [0.29, 0.717) is 18.3 Å². The number of primary amides is 1. The second kappa shape index (κ2) is 9.94. The molecular formula is C21H28N2O3. The van der Waals surface area contributed by atoms with E-state index in [1.165, 1.54) is 5.56 Å². The highest BCUT2D eigenvalue weighted by atomic mass is 16.5. The lowest BCUT2D eigenvalue weighted by Crippen LogP contribution is -2.39. The van der Waals surface area contributed by atoms with E-state index in [9.17, 15) is 9.90 Å². The van der Waals surface area contributed by atoms with Crippen LogP contribution in [0.2, 0.25) is 0 Å². The minimum absolute atomic E-state index is 0.214. The Labute approximate surface area is 155 Å². The molecule has 1 atom stereocenters.